The number of aliphatic hydroxyl groups is 3. The summed E-state index contributed by atoms with van der Waals surface area (Å²) >= 11 is 0. The maximum atomic E-state index is 14.6. The molecule has 0 radical (unpaired) electrons. The number of ether oxygens (including phenoxy) is 8. The number of fused-ring (bicyclic) bond motifs is 10. The Kier molecular flexibility index (Phi) is 12.2. The fourth-order valence-electron chi connectivity index (χ4n) is 12.4. The highest BCUT2D eigenvalue weighted by atomic mass is 16.7. The van der Waals surface area contributed by atoms with Crippen molar-refractivity contribution in [3.63, 3.8) is 0 Å². The number of benzene rings is 2. The van der Waals surface area contributed by atoms with E-state index in [0.717, 1.165) is 6.42 Å². The van der Waals surface area contributed by atoms with Crippen LogP contribution in [0, 0.1) is 16.7 Å². The lowest BCUT2D eigenvalue weighted by Crippen LogP contribution is -2.82. The molecule has 1 amide bonds. The molecule has 15 atom stereocenters. The average molecular weight is 933 g/mol. The predicted octanol–water partition coefficient (Wildman–Crippen LogP) is 3.91. The fourth-order valence-corrected chi connectivity index (χ4v) is 12.4. The molecule has 0 aromatic heterocycles. The van der Waals surface area contributed by atoms with E-state index in [0.29, 0.717) is 36.4 Å². The first kappa shape index (κ1) is 47.6. The second-order valence-electron chi connectivity index (χ2n) is 21.2. The van der Waals surface area contributed by atoms with E-state index >= 15 is 0 Å². The number of nitrogens with zero attached hydrogens (tertiary/aromatic N) is 1. The van der Waals surface area contributed by atoms with Crippen molar-refractivity contribution in [2.75, 3.05) is 26.3 Å². The first-order chi connectivity index (χ1) is 31.6. The van der Waals surface area contributed by atoms with Gasteiger partial charge < -0.3 is 58.5 Å². The maximum absolute atomic E-state index is 14.6. The lowest BCUT2D eigenvalue weighted by Gasteiger charge is -2.68. The zero-order valence-corrected chi connectivity index (χ0v) is 39.3. The van der Waals surface area contributed by atoms with E-state index < -0.39 is 113 Å². The standard InChI is InChI=1S/C50H64N2O15/c1-26-32(62-44(57)38(55)37(28-15-11-9-12-16-28)51-45(58)67-46(3,4)5)21-50(59)42(65-43(56)29-17-13-10-14-18-29)40-48(8,33(54)20-34-49(40,25-61-34)66-27(2)53)41-39(36(26)47(50,6)7)63-35(64-41)23-52-22-31-19-30(52)24-60-31/h9-18,30-35,37-42,54-55,59H,19-25H2,1-8H3,(H,51,58)/t30-,31-,32-,33-,34+,35?,37-,38+,39+,40-,41+,42-,48+,49-,50+/m0/s1. The Morgan fingerprint density at radius 2 is 1.64 bits per heavy atom. The quantitative estimate of drug-likeness (QED) is 0.151. The van der Waals surface area contributed by atoms with Gasteiger partial charge in [-0.1, -0.05) is 69.3 Å². The second-order valence-corrected chi connectivity index (χ2v) is 21.2. The third kappa shape index (κ3) is 8.06. The minimum atomic E-state index is -2.19. The van der Waals surface area contributed by atoms with Crippen LogP contribution in [0.4, 0.5) is 4.79 Å². The van der Waals surface area contributed by atoms with Gasteiger partial charge in [0.15, 0.2) is 18.0 Å². The molecule has 4 aliphatic heterocycles. The Balaban J connectivity index is 1.18. The summed E-state index contributed by atoms with van der Waals surface area (Å²) in [5, 5.41) is 41.2. The minimum absolute atomic E-state index is 0.0297. The molecule has 9 rings (SSSR count). The van der Waals surface area contributed by atoms with Gasteiger partial charge in [-0.3, -0.25) is 9.69 Å². The van der Waals surface area contributed by atoms with Crippen molar-refractivity contribution >= 4 is 24.0 Å². The first-order valence-corrected chi connectivity index (χ1v) is 23.4. The summed E-state index contributed by atoms with van der Waals surface area (Å²) in [7, 11) is 0. The van der Waals surface area contributed by atoms with Gasteiger partial charge in [-0.05, 0) is 63.0 Å². The molecule has 4 N–H and O–H groups in total. The topological polar surface area (TPSA) is 218 Å². The highest BCUT2D eigenvalue weighted by molar-refractivity contribution is 5.89. The van der Waals surface area contributed by atoms with Crippen molar-refractivity contribution in [2.24, 2.45) is 16.7 Å². The summed E-state index contributed by atoms with van der Waals surface area (Å²) in [5.74, 6) is -3.78. The molecule has 4 saturated heterocycles. The number of aliphatic hydroxyl groups excluding tert-OH is 2. The van der Waals surface area contributed by atoms with Gasteiger partial charge in [0.05, 0.1) is 55.6 Å². The fraction of sp³-hybridized carbons (Fsp3) is 0.640. The van der Waals surface area contributed by atoms with Gasteiger partial charge in [0, 0.05) is 43.2 Å². The van der Waals surface area contributed by atoms with Gasteiger partial charge in [-0.2, -0.15) is 0 Å². The molecule has 4 heterocycles. The van der Waals surface area contributed by atoms with Gasteiger partial charge in [-0.15, -0.1) is 0 Å². The van der Waals surface area contributed by atoms with E-state index in [1.165, 1.54) is 6.92 Å². The van der Waals surface area contributed by atoms with Crippen molar-refractivity contribution in [1.29, 1.82) is 0 Å². The molecule has 4 bridgehead atoms. The van der Waals surface area contributed by atoms with Gasteiger partial charge in [0.1, 0.15) is 35.6 Å². The number of alkyl carbamates (subject to hydrolysis) is 1. The monoisotopic (exact) mass is 932 g/mol. The highest BCUT2D eigenvalue weighted by Gasteiger charge is 2.79. The van der Waals surface area contributed by atoms with Crippen LogP contribution in [0.5, 0.6) is 0 Å². The van der Waals surface area contributed by atoms with Crippen LogP contribution in [0.15, 0.2) is 71.8 Å². The molecule has 67 heavy (non-hydrogen) atoms. The second kappa shape index (κ2) is 17.2. The zero-order chi connectivity index (χ0) is 48.0. The zero-order valence-electron chi connectivity index (χ0n) is 39.3. The number of likely N-dealkylation sites (tertiary alicyclic amines) is 1. The van der Waals surface area contributed by atoms with E-state index in [2.05, 4.69) is 10.2 Å². The van der Waals surface area contributed by atoms with Crippen molar-refractivity contribution in [1.82, 2.24) is 10.2 Å². The van der Waals surface area contributed by atoms with E-state index in [4.69, 9.17) is 37.9 Å². The van der Waals surface area contributed by atoms with Crippen molar-refractivity contribution in [3.8, 4) is 0 Å². The SMILES string of the molecule is CC(=O)O[C@@]12CO[C@@H]1C[C@H](O)[C@@]1(C)[C@@H]3OC(CN4C[C@@H]5C[C@H]4CO5)O[C@@H]3C3=C(C)[C@@H](OC(=O)[C@H](O)[C@@H](NC(=O)OC(C)(C)C)c4ccccc4)C[C@@](O)([C@@H](OC(=O)c4ccccc4)[C@H]21)C3(C)C. The number of carbonyl (C=O) groups is 4. The van der Waals surface area contributed by atoms with E-state index in [-0.39, 0.29) is 37.2 Å². The van der Waals surface area contributed by atoms with Crippen LogP contribution in [0.25, 0.3) is 0 Å². The number of morpholine rings is 1. The van der Waals surface area contributed by atoms with Crippen LogP contribution in [0.3, 0.4) is 0 Å². The number of esters is 3. The van der Waals surface area contributed by atoms with Crippen LogP contribution in [0.2, 0.25) is 0 Å². The summed E-state index contributed by atoms with van der Waals surface area (Å²) in [6.45, 7) is 15.0. The maximum Gasteiger partial charge on any atom is 0.408 e. The first-order valence-electron chi connectivity index (χ1n) is 23.4. The molecular formula is C50H64N2O15. The van der Waals surface area contributed by atoms with Crippen LogP contribution >= 0.6 is 0 Å². The molecule has 17 nitrogen and oxygen atoms in total. The van der Waals surface area contributed by atoms with Gasteiger partial charge in [0.2, 0.25) is 0 Å². The summed E-state index contributed by atoms with van der Waals surface area (Å²) < 4.78 is 50.9. The van der Waals surface area contributed by atoms with Crippen molar-refractivity contribution in [3.05, 3.63) is 82.9 Å². The highest BCUT2D eigenvalue weighted by Crippen LogP contribution is 2.67. The van der Waals surface area contributed by atoms with Crippen molar-refractivity contribution < 1.29 is 72.4 Å². The smallest absolute Gasteiger partial charge is 0.408 e. The van der Waals surface area contributed by atoms with Crippen LogP contribution in [-0.4, -0.2) is 148 Å². The normalized spacial score (nSPS) is 38.1. The summed E-state index contributed by atoms with van der Waals surface area (Å²) in [6, 6.07) is 15.5. The third-order valence-electron chi connectivity index (χ3n) is 15.7. The Bertz CT molecular complexity index is 2270. The van der Waals surface area contributed by atoms with E-state index in [1.54, 1.807) is 102 Å². The average Bonchev–Trinajstić information content (AvgIpc) is 4.01. The van der Waals surface area contributed by atoms with Gasteiger partial charge >= 0.3 is 24.0 Å². The number of carbonyl (C=O) groups excluding carboxylic acids is 4. The molecule has 2 aromatic rings. The number of rotatable bonds is 10. The lowest BCUT2D eigenvalue weighted by molar-refractivity contribution is -0.362. The molecule has 2 saturated carbocycles. The van der Waals surface area contributed by atoms with Gasteiger partial charge in [0.25, 0.3) is 0 Å². The molecular weight excluding hydrogens is 869 g/mol. The third-order valence-corrected chi connectivity index (χ3v) is 15.7. The summed E-state index contributed by atoms with van der Waals surface area (Å²) in [6.07, 6.45) is -10.1. The molecule has 3 aliphatic carbocycles. The lowest BCUT2D eigenvalue weighted by atomic mass is 9.44. The van der Waals surface area contributed by atoms with E-state index in [1.807, 2.05) is 6.92 Å². The minimum Gasteiger partial charge on any atom is -0.456 e. The molecule has 1 unspecified atom stereocenters. The number of nitrogens with one attached hydrogen (secondary N) is 1. The molecule has 0 spiro atoms. The number of amides is 1. The molecule has 17 heteroatoms. The van der Waals surface area contributed by atoms with Crippen LogP contribution in [-0.2, 0) is 47.5 Å². The van der Waals surface area contributed by atoms with Crippen molar-refractivity contribution in [2.45, 2.75) is 159 Å². The Morgan fingerprint density at radius 1 is 0.955 bits per heavy atom. The molecule has 2 aromatic carbocycles. The Labute approximate surface area is 390 Å². The van der Waals surface area contributed by atoms with Crippen LogP contribution < -0.4 is 5.32 Å². The van der Waals surface area contributed by atoms with Gasteiger partial charge in [-0.25, -0.2) is 14.4 Å². The summed E-state index contributed by atoms with van der Waals surface area (Å²) in [5.41, 5.74) is -5.94. The number of hydrogen-bond donors (Lipinski definition) is 4. The molecule has 6 fully saturated rings. The van der Waals surface area contributed by atoms with E-state index in [9.17, 15) is 34.5 Å². The predicted molar refractivity (Wildman–Crippen MR) is 236 cm³/mol. The molecule has 7 aliphatic rings. The Morgan fingerprint density at radius 3 is 2.24 bits per heavy atom. The van der Waals surface area contributed by atoms with Crippen LogP contribution in [0.1, 0.15) is 96.6 Å². The Hall–Kier alpha value is -4.46. The largest absolute Gasteiger partial charge is 0.456 e. The molecule has 364 valence electrons. The number of hydrogen-bond acceptors (Lipinski definition) is 16. The summed E-state index contributed by atoms with van der Waals surface area (Å²) in [4.78, 5) is 57.8.